The minimum Gasteiger partial charge on any atom is -0.354 e. The van der Waals surface area contributed by atoms with Crippen LogP contribution in [0.15, 0.2) is 47.6 Å². The van der Waals surface area contributed by atoms with Crippen molar-refractivity contribution < 1.29 is 13.2 Å². The van der Waals surface area contributed by atoms with Crippen LogP contribution in [0, 0.1) is 6.92 Å². The highest BCUT2D eigenvalue weighted by Gasteiger charge is 2.22. The normalized spacial score (nSPS) is 10.7. The van der Waals surface area contributed by atoms with Gasteiger partial charge in [0.2, 0.25) is 0 Å². The first-order chi connectivity index (χ1) is 11.3. The molecule has 136 valence electrons. The molecule has 0 spiro atoms. The van der Waals surface area contributed by atoms with Crippen LogP contribution in [0.3, 0.4) is 0 Å². The van der Waals surface area contributed by atoms with Gasteiger partial charge in [-0.2, -0.15) is 0 Å². The van der Waals surface area contributed by atoms with Crippen molar-refractivity contribution in [3.63, 3.8) is 0 Å². The highest BCUT2D eigenvalue weighted by atomic mass is 35.5. The number of amides is 2. The fraction of sp³-hybridized carbons (Fsp3) is 0.250. The van der Waals surface area contributed by atoms with E-state index in [1.54, 1.807) is 13.8 Å². The topological polar surface area (TPSA) is 100 Å². The van der Waals surface area contributed by atoms with Crippen molar-refractivity contribution in [2.45, 2.75) is 31.7 Å². The SMILES string of the molecule is Cc1cccc(Nc2ccncc2S(=O)(=O)NC(=O)NC(C)C)c1.Cl. The molecule has 0 unspecified atom stereocenters. The van der Waals surface area contributed by atoms with Crippen molar-refractivity contribution in [2.24, 2.45) is 0 Å². The molecule has 3 N–H and O–H groups in total. The van der Waals surface area contributed by atoms with E-state index in [4.69, 9.17) is 0 Å². The Hall–Kier alpha value is -2.32. The number of sulfonamides is 1. The van der Waals surface area contributed by atoms with Crippen LogP contribution in [0.2, 0.25) is 0 Å². The lowest BCUT2D eigenvalue weighted by molar-refractivity contribution is 0.243. The number of nitrogens with zero attached hydrogens (tertiary/aromatic N) is 1. The number of pyridine rings is 1. The molecule has 1 heterocycles. The first-order valence-electron chi connectivity index (χ1n) is 7.39. The van der Waals surface area contributed by atoms with E-state index in [1.807, 2.05) is 35.9 Å². The van der Waals surface area contributed by atoms with E-state index in [0.29, 0.717) is 5.69 Å². The quantitative estimate of drug-likeness (QED) is 0.735. The van der Waals surface area contributed by atoms with Crippen molar-refractivity contribution in [1.29, 1.82) is 0 Å². The van der Waals surface area contributed by atoms with Gasteiger partial charge in [0, 0.05) is 24.1 Å². The van der Waals surface area contributed by atoms with Crippen molar-refractivity contribution in [1.82, 2.24) is 15.0 Å². The van der Waals surface area contributed by atoms with Gasteiger partial charge in [-0.3, -0.25) is 4.98 Å². The van der Waals surface area contributed by atoms with Crippen LogP contribution in [0.25, 0.3) is 0 Å². The molecule has 0 radical (unpaired) electrons. The molecule has 0 fully saturated rings. The second kappa shape index (κ2) is 8.68. The summed E-state index contributed by atoms with van der Waals surface area (Å²) in [6, 6.07) is 8.08. The molecule has 1 aromatic heterocycles. The molecule has 7 nitrogen and oxygen atoms in total. The number of aromatic nitrogens is 1. The van der Waals surface area contributed by atoms with Gasteiger partial charge in [0.25, 0.3) is 10.0 Å². The molecular formula is C16H21ClN4O3S. The molecule has 2 rings (SSSR count). The molecule has 0 bridgehead atoms. The summed E-state index contributed by atoms with van der Waals surface area (Å²) < 4.78 is 26.9. The number of anilines is 2. The average Bonchev–Trinajstić information content (AvgIpc) is 2.46. The molecule has 9 heteroatoms. The minimum absolute atomic E-state index is 0. The zero-order valence-electron chi connectivity index (χ0n) is 14.1. The highest BCUT2D eigenvalue weighted by molar-refractivity contribution is 7.90. The number of carbonyl (C=O) groups is 1. The zero-order chi connectivity index (χ0) is 17.7. The average molecular weight is 385 g/mol. The fourth-order valence-electron chi connectivity index (χ4n) is 2.04. The second-order valence-corrected chi connectivity index (χ2v) is 7.25. The predicted molar refractivity (Wildman–Crippen MR) is 99.9 cm³/mol. The Morgan fingerprint density at radius 3 is 2.56 bits per heavy atom. The molecule has 0 saturated heterocycles. The highest BCUT2D eigenvalue weighted by Crippen LogP contribution is 2.24. The lowest BCUT2D eigenvalue weighted by atomic mass is 10.2. The Morgan fingerprint density at radius 2 is 1.92 bits per heavy atom. The second-order valence-electron chi connectivity index (χ2n) is 5.60. The van der Waals surface area contributed by atoms with E-state index >= 15 is 0 Å². The Morgan fingerprint density at radius 1 is 1.20 bits per heavy atom. The van der Waals surface area contributed by atoms with Crippen LogP contribution < -0.4 is 15.4 Å². The number of aryl methyl sites for hydroxylation is 1. The van der Waals surface area contributed by atoms with Crippen molar-refractivity contribution in [3.05, 3.63) is 48.3 Å². The smallest absolute Gasteiger partial charge is 0.328 e. The number of hydrogen-bond donors (Lipinski definition) is 3. The minimum atomic E-state index is -4.05. The fourth-order valence-corrected chi connectivity index (χ4v) is 3.07. The lowest BCUT2D eigenvalue weighted by Crippen LogP contribution is -2.42. The molecule has 0 aliphatic heterocycles. The number of carbonyl (C=O) groups excluding carboxylic acids is 1. The number of rotatable bonds is 5. The molecule has 0 atom stereocenters. The standard InChI is InChI=1S/C16H20N4O3S.ClH/c1-11(2)18-16(21)20-24(22,23)15-10-17-8-7-14(15)19-13-6-4-5-12(3)9-13;/h4-11H,1-3H3,(H,17,19)(H2,18,20,21);1H. The molecule has 0 aliphatic carbocycles. The van der Waals surface area contributed by atoms with Crippen molar-refractivity contribution >= 4 is 39.8 Å². The summed E-state index contributed by atoms with van der Waals surface area (Å²) in [5.74, 6) is 0. The number of benzene rings is 1. The molecule has 25 heavy (non-hydrogen) atoms. The van der Waals surface area contributed by atoms with Crippen LogP contribution in [0.4, 0.5) is 16.2 Å². The van der Waals surface area contributed by atoms with Gasteiger partial charge in [-0.15, -0.1) is 12.4 Å². The van der Waals surface area contributed by atoms with Gasteiger partial charge >= 0.3 is 6.03 Å². The maximum absolute atomic E-state index is 12.5. The first-order valence-corrected chi connectivity index (χ1v) is 8.87. The van der Waals surface area contributed by atoms with Crippen LogP contribution in [-0.4, -0.2) is 25.5 Å². The van der Waals surface area contributed by atoms with Gasteiger partial charge in [0.1, 0.15) is 4.90 Å². The Bertz CT molecular complexity index is 841. The van der Waals surface area contributed by atoms with Crippen LogP contribution in [0.1, 0.15) is 19.4 Å². The van der Waals surface area contributed by atoms with E-state index in [-0.39, 0.29) is 23.3 Å². The Kier molecular flexibility index (Phi) is 7.20. The molecule has 0 aliphatic rings. The van der Waals surface area contributed by atoms with Crippen molar-refractivity contribution in [3.8, 4) is 0 Å². The summed E-state index contributed by atoms with van der Waals surface area (Å²) in [6.45, 7) is 5.41. The van der Waals surface area contributed by atoms with Crippen LogP contribution in [-0.2, 0) is 10.0 Å². The van der Waals surface area contributed by atoms with Gasteiger partial charge < -0.3 is 10.6 Å². The summed E-state index contributed by atoms with van der Waals surface area (Å²) in [6.07, 6.45) is 2.68. The van der Waals surface area contributed by atoms with Crippen LogP contribution in [0.5, 0.6) is 0 Å². The van der Waals surface area contributed by atoms with Gasteiger partial charge in [0.15, 0.2) is 0 Å². The third-order valence-electron chi connectivity index (χ3n) is 3.02. The Balaban J connectivity index is 0.00000312. The maximum atomic E-state index is 12.5. The molecule has 1 aromatic carbocycles. The van der Waals surface area contributed by atoms with Gasteiger partial charge in [-0.05, 0) is 44.5 Å². The number of halogens is 1. The van der Waals surface area contributed by atoms with Crippen LogP contribution >= 0.6 is 12.4 Å². The largest absolute Gasteiger partial charge is 0.354 e. The predicted octanol–water partition coefficient (Wildman–Crippen LogP) is 2.95. The summed E-state index contributed by atoms with van der Waals surface area (Å²) in [4.78, 5) is 15.5. The summed E-state index contributed by atoms with van der Waals surface area (Å²) in [5.41, 5.74) is 2.11. The van der Waals surface area contributed by atoms with E-state index in [0.717, 1.165) is 11.3 Å². The third kappa shape index (κ3) is 5.91. The Labute approximate surface area is 153 Å². The zero-order valence-corrected chi connectivity index (χ0v) is 15.7. The van der Waals surface area contributed by atoms with E-state index in [9.17, 15) is 13.2 Å². The first kappa shape index (κ1) is 20.7. The van der Waals surface area contributed by atoms with Gasteiger partial charge in [-0.1, -0.05) is 12.1 Å². The number of hydrogen-bond acceptors (Lipinski definition) is 5. The molecule has 2 aromatic rings. The van der Waals surface area contributed by atoms with E-state index < -0.39 is 16.1 Å². The number of urea groups is 1. The molecule has 2 amide bonds. The lowest BCUT2D eigenvalue weighted by Gasteiger charge is -2.14. The third-order valence-corrected chi connectivity index (χ3v) is 4.38. The molecule has 0 saturated carbocycles. The van der Waals surface area contributed by atoms with Crippen molar-refractivity contribution in [2.75, 3.05) is 5.32 Å². The summed E-state index contributed by atoms with van der Waals surface area (Å²) in [7, 11) is -4.05. The maximum Gasteiger partial charge on any atom is 0.328 e. The van der Waals surface area contributed by atoms with Gasteiger partial charge in [0.05, 0.1) is 5.69 Å². The molecular weight excluding hydrogens is 364 g/mol. The van der Waals surface area contributed by atoms with E-state index in [2.05, 4.69) is 15.6 Å². The summed E-state index contributed by atoms with van der Waals surface area (Å²) in [5, 5.41) is 5.52. The van der Waals surface area contributed by atoms with E-state index in [1.165, 1.54) is 18.5 Å². The number of nitrogens with one attached hydrogen (secondary N) is 3. The monoisotopic (exact) mass is 384 g/mol. The van der Waals surface area contributed by atoms with Gasteiger partial charge in [-0.25, -0.2) is 17.9 Å². The summed E-state index contributed by atoms with van der Waals surface area (Å²) >= 11 is 0.